The van der Waals surface area contributed by atoms with E-state index in [1.807, 2.05) is 71.8 Å². The summed E-state index contributed by atoms with van der Waals surface area (Å²) >= 11 is 7.71. The van der Waals surface area contributed by atoms with Crippen LogP contribution in [0.3, 0.4) is 0 Å². The van der Waals surface area contributed by atoms with Crippen molar-refractivity contribution in [2.45, 2.75) is 13.5 Å². The van der Waals surface area contributed by atoms with Crippen molar-refractivity contribution in [2.75, 3.05) is 31.1 Å². The van der Waals surface area contributed by atoms with Gasteiger partial charge in [-0.2, -0.15) is 0 Å². The van der Waals surface area contributed by atoms with E-state index in [1.165, 1.54) is 0 Å². The van der Waals surface area contributed by atoms with E-state index < -0.39 is 0 Å². The van der Waals surface area contributed by atoms with E-state index in [9.17, 15) is 4.79 Å². The molecular weight excluding hydrogens is 430 g/mol. The molecule has 0 bridgehead atoms. The van der Waals surface area contributed by atoms with Gasteiger partial charge in [0, 0.05) is 53.9 Å². The summed E-state index contributed by atoms with van der Waals surface area (Å²) in [6.45, 7) is 5.31. The van der Waals surface area contributed by atoms with Crippen LogP contribution in [0.1, 0.15) is 16.3 Å². The molecule has 1 aliphatic heterocycles. The van der Waals surface area contributed by atoms with Crippen LogP contribution in [0.2, 0.25) is 5.02 Å². The lowest BCUT2D eigenvalue weighted by Crippen LogP contribution is -2.48. The summed E-state index contributed by atoms with van der Waals surface area (Å²) in [5.41, 5.74) is 2.88. The molecule has 4 rings (SSSR count). The second kappa shape index (κ2) is 9.98. The molecule has 0 aliphatic carbocycles. The Morgan fingerprint density at radius 2 is 1.97 bits per heavy atom. The summed E-state index contributed by atoms with van der Waals surface area (Å²) in [4.78, 5) is 21.3. The lowest BCUT2D eigenvalue weighted by molar-refractivity contribution is -0.126. The zero-order chi connectivity index (χ0) is 21.6. The van der Waals surface area contributed by atoms with Crippen molar-refractivity contribution in [3.63, 3.8) is 0 Å². The van der Waals surface area contributed by atoms with E-state index >= 15 is 0 Å². The van der Waals surface area contributed by atoms with Gasteiger partial charge in [-0.15, -0.1) is 11.3 Å². The first-order chi connectivity index (χ1) is 15.1. The fraction of sp³-hybridized carbons (Fsp3) is 0.250. The fourth-order valence-electron chi connectivity index (χ4n) is 3.50. The van der Waals surface area contributed by atoms with Crippen LogP contribution in [0.15, 0.2) is 60.0 Å². The number of hydrogen-bond acceptors (Lipinski definition) is 5. The van der Waals surface area contributed by atoms with Gasteiger partial charge in [-0.3, -0.25) is 4.79 Å². The van der Waals surface area contributed by atoms with E-state index in [4.69, 9.17) is 16.3 Å². The number of nitrogens with zero attached hydrogens (tertiary/aromatic N) is 3. The first kappa shape index (κ1) is 21.4. The van der Waals surface area contributed by atoms with Gasteiger partial charge in [0.15, 0.2) is 0 Å². The molecule has 1 fully saturated rings. The van der Waals surface area contributed by atoms with Gasteiger partial charge in [0.05, 0.1) is 10.7 Å². The molecule has 2 heterocycles. The Kier molecular flexibility index (Phi) is 6.89. The summed E-state index contributed by atoms with van der Waals surface area (Å²) in [6.07, 6.45) is 3.46. The van der Waals surface area contributed by atoms with Crippen LogP contribution >= 0.6 is 22.9 Å². The third-order valence-electron chi connectivity index (χ3n) is 5.13. The molecule has 0 saturated carbocycles. The van der Waals surface area contributed by atoms with Crippen molar-refractivity contribution in [1.82, 2.24) is 9.88 Å². The summed E-state index contributed by atoms with van der Waals surface area (Å²) in [6, 6.07) is 15.6. The molecule has 7 heteroatoms. The molecule has 1 aliphatic rings. The van der Waals surface area contributed by atoms with Crippen molar-refractivity contribution in [3.05, 3.63) is 81.3 Å². The summed E-state index contributed by atoms with van der Waals surface area (Å²) in [5.74, 6) is 0.749. The van der Waals surface area contributed by atoms with E-state index in [-0.39, 0.29) is 5.91 Å². The van der Waals surface area contributed by atoms with Crippen molar-refractivity contribution in [1.29, 1.82) is 0 Å². The SMILES string of the molecule is Cc1nc(COc2ccccc2/C=C/C(=O)N2CCN(c3cccc(Cl)c3)CC2)cs1. The minimum absolute atomic E-state index is 0.00988. The maximum atomic E-state index is 12.7. The molecule has 1 saturated heterocycles. The number of benzene rings is 2. The van der Waals surface area contributed by atoms with E-state index in [2.05, 4.69) is 9.88 Å². The standard InChI is InChI=1S/C24H24ClN3O2S/c1-18-26-21(17-31-18)16-30-23-8-3-2-5-19(23)9-10-24(29)28-13-11-27(12-14-28)22-7-4-6-20(25)15-22/h2-10,15,17H,11-14,16H2,1H3/b10-9+. The predicted molar refractivity (Wildman–Crippen MR) is 127 cm³/mol. The maximum absolute atomic E-state index is 12.7. The number of carbonyl (C=O) groups is 1. The van der Waals surface area contributed by atoms with Crippen LogP contribution in [-0.2, 0) is 11.4 Å². The number of hydrogen-bond donors (Lipinski definition) is 0. The van der Waals surface area contributed by atoms with Crippen LogP contribution in [0.4, 0.5) is 5.69 Å². The average molecular weight is 454 g/mol. The molecule has 0 unspecified atom stereocenters. The Labute approximate surface area is 191 Å². The molecule has 2 aromatic carbocycles. The molecule has 160 valence electrons. The molecule has 5 nitrogen and oxygen atoms in total. The Hall–Kier alpha value is -2.83. The number of aromatic nitrogens is 1. The quantitative estimate of drug-likeness (QED) is 0.490. The van der Waals surface area contributed by atoms with Gasteiger partial charge in [0.25, 0.3) is 0 Å². The largest absolute Gasteiger partial charge is 0.487 e. The van der Waals surface area contributed by atoms with Crippen molar-refractivity contribution in [2.24, 2.45) is 0 Å². The zero-order valence-electron chi connectivity index (χ0n) is 17.3. The lowest BCUT2D eigenvalue weighted by Gasteiger charge is -2.35. The van der Waals surface area contributed by atoms with Crippen LogP contribution < -0.4 is 9.64 Å². The summed E-state index contributed by atoms with van der Waals surface area (Å²) in [7, 11) is 0. The average Bonchev–Trinajstić information content (AvgIpc) is 3.22. The summed E-state index contributed by atoms with van der Waals surface area (Å²) in [5, 5.41) is 3.75. The first-order valence-corrected chi connectivity index (χ1v) is 11.4. The van der Waals surface area contributed by atoms with E-state index in [0.717, 1.165) is 45.8 Å². The third kappa shape index (κ3) is 5.66. The zero-order valence-corrected chi connectivity index (χ0v) is 18.9. The maximum Gasteiger partial charge on any atom is 0.246 e. The van der Waals surface area contributed by atoms with Crippen LogP contribution in [0.5, 0.6) is 5.75 Å². The number of aryl methyl sites for hydroxylation is 1. The second-order valence-corrected chi connectivity index (χ2v) is 8.81. The highest BCUT2D eigenvalue weighted by Crippen LogP contribution is 2.23. The monoisotopic (exact) mass is 453 g/mol. The highest BCUT2D eigenvalue weighted by Gasteiger charge is 2.20. The van der Waals surface area contributed by atoms with Gasteiger partial charge in [-0.1, -0.05) is 35.9 Å². The number of anilines is 1. The third-order valence-corrected chi connectivity index (χ3v) is 6.19. The van der Waals surface area contributed by atoms with Gasteiger partial charge < -0.3 is 14.5 Å². The van der Waals surface area contributed by atoms with Gasteiger partial charge in [-0.05, 0) is 37.3 Å². The summed E-state index contributed by atoms with van der Waals surface area (Å²) < 4.78 is 5.94. The first-order valence-electron chi connectivity index (χ1n) is 10.2. The van der Waals surface area contributed by atoms with E-state index in [0.29, 0.717) is 19.7 Å². The Morgan fingerprint density at radius 1 is 1.16 bits per heavy atom. The molecule has 0 spiro atoms. The Balaban J connectivity index is 1.34. The van der Waals surface area contributed by atoms with Crippen molar-refractivity contribution in [3.8, 4) is 5.75 Å². The molecule has 3 aromatic rings. The Bertz CT molecular complexity index is 1070. The molecule has 0 atom stereocenters. The minimum Gasteiger partial charge on any atom is -0.487 e. The van der Waals surface area contributed by atoms with Crippen molar-refractivity contribution >= 4 is 40.6 Å². The van der Waals surface area contributed by atoms with Gasteiger partial charge in [0.1, 0.15) is 12.4 Å². The van der Waals surface area contributed by atoms with Crippen LogP contribution in [0.25, 0.3) is 6.08 Å². The van der Waals surface area contributed by atoms with Gasteiger partial charge in [0.2, 0.25) is 5.91 Å². The number of thiazole rings is 1. The van der Waals surface area contributed by atoms with Crippen molar-refractivity contribution < 1.29 is 9.53 Å². The second-order valence-electron chi connectivity index (χ2n) is 7.31. The number of piperazine rings is 1. The number of rotatable bonds is 6. The van der Waals surface area contributed by atoms with Crippen LogP contribution in [0, 0.1) is 6.92 Å². The minimum atomic E-state index is 0.00988. The normalized spacial score (nSPS) is 14.3. The highest BCUT2D eigenvalue weighted by molar-refractivity contribution is 7.09. The molecule has 1 amide bonds. The molecular formula is C24H24ClN3O2S. The highest BCUT2D eigenvalue weighted by atomic mass is 35.5. The smallest absolute Gasteiger partial charge is 0.246 e. The number of amides is 1. The topological polar surface area (TPSA) is 45.7 Å². The van der Waals surface area contributed by atoms with Gasteiger partial charge >= 0.3 is 0 Å². The molecule has 1 aromatic heterocycles. The number of para-hydroxylation sites is 1. The lowest BCUT2D eigenvalue weighted by atomic mass is 10.1. The molecule has 0 N–H and O–H groups in total. The van der Waals surface area contributed by atoms with Gasteiger partial charge in [-0.25, -0.2) is 4.98 Å². The Morgan fingerprint density at radius 3 is 2.71 bits per heavy atom. The van der Waals surface area contributed by atoms with E-state index in [1.54, 1.807) is 17.4 Å². The van der Waals surface area contributed by atoms with Crippen LogP contribution in [-0.4, -0.2) is 42.0 Å². The molecule has 0 radical (unpaired) electrons. The number of halogens is 1. The molecule has 31 heavy (non-hydrogen) atoms. The predicted octanol–water partition coefficient (Wildman–Crippen LogP) is 5.05. The number of ether oxygens (including phenoxy) is 1. The fourth-order valence-corrected chi connectivity index (χ4v) is 4.28. The number of carbonyl (C=O) groups excluding carboxylic acids is 1.